The van der Waals surface area contributed by atoms with E-state index in [2.05, 4.69) is 24.8 Å². The van der Waals surface area contributed by atoms with Gasteiger partial charge in [0.05, 0.1) is 11.8 Å². The van der Waals surface area contributed by atoms with E-state index >= 15 is 0 Å². The number of nitrogens with one attached hydrogen (secondary N) is 2. The molecule has 1 heterocycles. The number of anilines is 3. The lowest BCUT2D eigenvalue weighted by Gasteiger charge is -2.20. The second-order valence-electron chi connectivity index (χ2n) is 6.55. The van der Waals surface area contributed by atoms with Gasteiger partial charge in [0.2, 0.25) is 5.95 Å². The van der Waals surface area contributed by atoms with Gasteiger partial charge < -0.3 is 20.6 Å². The maximum Gasteiger partial charge on any atom is 0.306 e. The van der Waals surface area contributed by atoms with Crippen LogP contribution in [-0.2, 0) is 10.1 Å². The summed E-state index contributed by atoms with van der Waals surface area (Å²) in [6, 6.07) is 3.56. The second kappa shape index (κ2) is 8.38. The third-order valence-electron chi connectivity index (χ3n) is 3.85. The highest BCUT2D eigenvalue weighted by molar-refractivity contribution is 7.86. The van der Waals surface area contributed by atoms with E-state index in [0.29, 0.717) is 0 Å². The summed E-state index contributed by atoms with van der Waals surface area (Å²) in [5.74, 6) is -1.38. The maximum absolute atomic E-state index is 13.8. The predicted molar refractivity (Wildman–Crippen MR) is 104 cm³/mol. The Kier molecular flexibility index (Phi) is 6.39. The zero-order valence-corrected chi connectivity index (χ0v) is 16.7. The molecule has 11 heteroatoms. The van der Waals surface area contributed by atoms with Gasteiger partial charge >= 0.3 is 10.1 Å². The van der Waals surface area contributed by atoms with Crippen molar-refractivity contribution in [3.8, 4) is 5.75 Å². The van der Waals surface area contributed by atoms with Crippen molar-refractivity contribution in [2.75, 3.05) is 16.9 Å². The Morgan fingerprint density at radius 1 is 1.29 bits per heavy atom. The molecule has 0 radical (unpaired) electrons. The highest BCUT2D eigenvalue weighted by atomic mass is 32.2. The fourth-order valence-electron chi connectivity index (χ4n) is 2.05. The largest absolute Gasteiger partial charge is 0.379 e. The molecule has 152 valence electrons. The Balaban J connectivity index is 2.33. The quantitative estimate of drug-likeness (QED) is 0.563. The van der Waals surface area contributed by atoms with E-state index in [1.54, 1.807) is 0 Å². The Morgan fingerprint density at radius 2 is 1.96 bits per heavy atom. The average molecular weight is 411 g/mol. The normalized spacial score (nSPS) is 12.5. The summed E-state index contributed by atoms with van der Waals surface area (Å²) in [6.45, 7) is 5.94. The first-order valence-corrected chi connectivity index (χ1v) is 10.2. The Bertz CT molecular complexity index is 982. The van der Waals surface area contributed by atoms with Gasteiger partial charge in [-0.3, -0.25) is 4.79 Å². The minimum Gasteiger partial charge on any atom is -0.379 e. The molecule has 1 atom stereocenters. The fourth-order valence-corrected chi connectivity index (χ4v) is 2.51. The molecule has 2 rings (SSSR count). The maximum atomic E-state index is 13.8. The van der Waals surface area contributed by atoms with Crippen molar-refractivity contribution < 1.29 is 21.8 Å². The average Bonchev–Trinajstić information content (AvgIpc) is 2.56. The van der Waals surface area contributed by atoms with Crippen molar-refractivity contribution in [3.05, 3.63) is 35.8 Å². The first-order chi connectivity index (χ1) is 13.0. The van der Waals surface area contributed by atoms with Crippen LogP contribution in [-0.4, -0.2) is 36.6 Å². The van der Waals surface area contributed by atoms with Crippen LogP contribution in [0, 0.1) is 11.7 Å². The minimum absolute atomic E-state index is 0.00133. The summed E-state index contributed by atoms with van der Waals surface area (Å²) in [6.07, 6.45) is 2.08. The summed E-state index contributed by atoms with van der Waals surface area (Å²) in [7, 11) is -3.89. The summed E-state index contributed by atoms with van der Waals surface area (Å²) in [5.41, 5.74) is 5.78. The number of amides is 1. The van der Waals surface area contributed by atoms with Crippen molar-refractivity contribution >= 4 is 33.5 Å². The first kappa shape index (κ1) is 21.4. The molecule has 2 aromatic rings. The van der Waals surface area contributed by atoms with Gasteiger partial charge in [0.25, 0.3) is 5.91 Å². The number of benzene rings is 1. The van der Waals surface area contributed by atoms with E-state index in [1.165, 1.54) is 12.3 Å². The van der Waals surface area contributed by atoms with Crippen LogP contribution in [0.25, 0.3) is 0 Å². The van der Waals surface area contributed by atoms with Crippen LogP contribution >= 0.6 is 0 Å². The van der Waals surface area contributed by atoms with E-state index < -0.39 is 27.6 Å². The van der Waals surface area contributed by atoms with Crippen molar-refractivity contribution in [2.45, 2.75) is 26.8 Å². The van der Waals surface area contributed by atoms with E-state index in [4.69, 9.17) is 5.73 Å². The van der Waals surface area contributed by atoms with Crippen molar-refractivity contribution in [2.24, 2.45) is 11.7 Å². The van der Waals surface area contributed by atoms with Gasteiger partial charge in [-0.15, -0.1) is 0 Å². The molecular weight excluding hydrogens is 389 g/mol. The number of carbonyl (C=O) groups excluding carboxylic acids is 1. The molecule has 0 aliphatic carbocycles. The standard InChI is InChI=1S/C17H22FN5O4S/c1-9(2)10(3)21-16-12(15(19)24)8-20-17(23-16)22-11-5-6-13(18)14(7-11)27-28(4,25)26/h5-10H,1-4H3,(H2,19,24)(H2,20,21,22,23). The van der Waals surface area contributed by atoms with Gasteiger partial charge in [-0.25, -0.2) is 9.37 Å². The lowest BCUT2D eigenvalue weighted by atomic mass is 10.1. The predicted octanol–water partition coefficient (Wildman–Crippen LogP) is 2.25. The van der Waals surface area contributed by atoms with Gasteiger partial charge in [0.1, 0.15) is 5.82 Å². The molecule has 9 nitrogen and oxygen atoms in total. The molecule has 0 aliphatic rings. The summed E-state index contributed by atoms with van der Waals surface area (Å²) in [4.78, 5) is 19.9. The number of nitrogens with two attached hydrogens (primary N) is 1. The van der Waals surface area contributed by atoms with Crippen LogP contribution in [0.4, 0.5) is 21.8 Å². The van der Waals surface area contributed by atoms with E-state index in [-0.39, 0.29) is 35.0 Å². The fraction of sp³-hybridized carbons (Fsp3) is 0.353. The summed E-state index contributed by atoms with van der Waals surface area (Å²) < 4.78 is 40.8. The Morgan fingerprint density at radius 3 is 2.54 bits per heavy atom. The number of hydrogen-bond acceptors (Lipinski definition) is 8. The SMILES string of the molecule is CC(C)C(C)Nc1nc(Nc2ccc(F)c(OS(C)(=O)=O)c2)ncc1C(N)=O. The summed E-state index contributed by atoms with van der Waals surface area (Å²) >= 11 is 0. The zero-order chi connectivity index (χ0) is 21.1. The lowest BCUT2D eigenvalue weighted by Crippen LogP contribution is -2.25. The molecule has 0 saturated carbocycles. The van der Waals surface area contributed by atoms with E-state index in [0.717, 1.165) is 18.4 Å². The number of carbonyl (C=O) groups is 1. The third kappa shape index (κ3) is 5.78. The summed E-state index contributed by atoms with van der Waals surface area (Å²) in [5, 5.41) is 5.92. The molecule has 4 N–H and O–H groups in total. The number of halogens is 1. The molecular formula is C17H22FN5O4S. The highest BCUT2D eigenvalue weighted by Gasteiger charge is 2.17. The van der Waals surface area contributed by atoms with Gasteiger partial charge in [-0.05, 0) is 25.0 Å². The van der Waals surface area contributed by atoms with Gasteiger partial charge in [0.15, 0.2) is 11.6 Å². The van der Waals surface area contributed by atoms with Crippen LogP contribution in [0.5, 0.6) is 5.75 Å². The van der Waals surface area contributed by atoms with E-state index in [1.807, 2.05) is 20.8 Å². The topological polar surface area (TPSA) is 136 Å². The molecule has 1 unspecified atom stereocenters. The van der Waals surface area contributed by atoms with Crippen LogP contribution in [0.3, 0.4) is 0 Å². The van der Waals surface area contributed by atoms with E-state index in [9.17, 15) is 17.6 Å². The number of primary amides is 1. The van der Waals surface area contributed by atoms with Crippen LogP contribution < -0.4 is 20.6 Å². The third-order valence-corrected chi connectivity index (χ3v) is 4.33. The van der Waals surface area contributed by atoms with Gasteiger partial charge in [0, 0.05) is 24.0 Å². The highest BCUT2D eigenvalue weighted by Crippen LogP contribution is 2.25. The lowest BCUT2D eigenvalue weighted by molar-refractivity contribution is 0.100. The first-order valence-electron chi connectivity index (χ1n) is 8.35. The Hall–Kier alpha value is -2.95. The van der Waals surface area contributed by atoms with Crippen LogP contribution in [0.1, 0.15) is 31.1 Å². The monoisotopic (exact) mass is 411 g/mol. The molecule has 0 bridgehead atoms. The van der Waals surface area contributed by atoms with Gasteiger partial charge in [-0.2, -0.15) is 13.4 Å². The molecule has 1 amide bonds. The second-order valence-corrected chi connectivity index (χ2v) is 8.13. The van der Waals surface area contributed by atoms with Crippen molar-refractivity contribution in [3.63, 3.8) is 0 Å². The molecule has 0 saturated heterocycles. The molecule has 1 aromatic heterocycles. The molecule has 0 spiro atoms. The Labute approximate surface area is 162 Å². The number of rotatable bonds is 8. The molecule has 1 aromatic carbocycles. The van der Waals surface area contributed by atoms with Crippen LogP contribution in [0.2, 0.25) is 0 Å². The van der Waals surface area contributed by atoms with Crippen molar-refractivity contribution in [1.29, 1.82) is 0 Å². The minimum atomic E-state index is -3.89. The number of nitrogens with zero attached hydrogens (tertiary/aromatic N) is 2. The molecule has 0 aliphatic heterocycles. The molecule has 0 fully saturated rings. The zero-order valence-electron chi connectivity index (χ0n) is 15.9. The smallest absolute Gasteiger partial charge is 0.306 e. The number of hydrogen-bond donors (Lipinski definition) is 3. The molecule has 28 heavy (non-hydrogen) atoms. The van der Waals surface area contributed by atoms with Gasteiger partial charge in [-0.1, -0.05) is 13.8 Å². The number of aromatic nitrogens is 2. The van der Waals surface area contributed by atoms with Crippen molar-refractivity contribution in [1.82, 2.24) is 9.97 Å². The van der Waals surface area contributed by atoms with Crippen LogP contribution in [0.15, 0.2) is 24.4 Å².